The van der Waals surface area contributed by atoms with Crippen LogP contribution < -0.4 is 0 Å². The van der Waals surface area contributed by atoms with Crippen molar-refractivity contribution in [3.8, 4) is 0 Å². The lowest BCUT2D eigenvalue weighted by Crippen LogP contribution is -2.64. The molecule has 70 heavy (non-hydrogen) atoms. The number of carbonyl (C=O) groups is 4. The quantitative estimate of drug-likeness (QED) is 0.0913. The number of alkyl halides is 3. The molecular weight excluding hydrogens is 923 g/mol. The summed E-state index contributed by atoms with van der Waals surface area (Å²) in [6.07, 6.45) is -4.47. The van der Waals surface area contributed by atoms with Gasteiger partial charge in [-0.25, -0.2) is 9.18 Å². The third kappa shape index (κ3) is 13.9. The van der Waals surface area contributed by atoms with Crippen molar-refractivity contribution in [1.29, 1.82) is 0 Å². The monoisotopic (exact) mass is 998 g/mol. The average molecular weight is 998 g/mol. The van der Waals surface area contributed by atoms with E-state index in [4.69, 9.17) is 28.4 Å². The van der Waals surface area contributed by atoms with Crippen molar-refractivity contribution in [3.05, 3.63) is 58.4 Å². The second-order valence-corrected chi connectivity index (χ2v) is 20.2. The number of ether oxygens (including phenoxy) is 6. The number of Topliss-reactive ketones (excluding diaryl/α,β-unsaturated/α-hetero) is 2. The van der Waals surface area contributed by atoms with Crippen molar-refractivity contribution < 1.29 is 80.5 Å². The third-order valence-corrected chi connectivity index (χ3v) is 15.0. The van der Waals surface area contributed by atoms with E-state index in [0.717, 1.165) is 16.5 Å². The number of aliphatic hydroxyl groups is 3. The molecule has 1 saturated carbocycles. The van der Waals surface area contributed by atoms with Crippen LogP contribution in [-0.2, 0) is 53.8 Å². The molecule has 15 atom stereocenters. The lowest BCUT2D eigenvalue weighted by Gasteiger charge is -2.47. The van der Waals surface area contributed by atoms with E-state index < -0.39 is 120 Å². The first-order valence-corrected chi connectivity index (χ1v) is 24.7. The molecule has 0 radical (unpaired) electrons. The molecule has 14 nitrogen and oxygen atoms in total. The summed E-state index contributed by atoms with van der Waals surface area (Å²) in [6.45, 7) is 10.4. The van der Waals surface area contributed by atoms with E-state index in [1.807, 2.05) is 32.9 Å². The average Bonchev–Trinajstić information content (AvgIpc) is 3.32. The molecule has 3 fully saturated rings. The summed E-state index contributed by atoms with van der Waals surface area (Å²) in [5.74, 6) is -9.54. The Morgan fingerprint density at radius 3 is 2.24 bits per heavy atom. The summed E-state index contributed by atoms with van der Waals surface area (Å²) in [6, 6.07) is 0.621. The zero-order chi connectivity index (χ0) is 51.8. The van der Waals surface area contributed by atoms with Crippen LogP contribution in [0.15, 0.2) is 41.5 Å². The van der Waals surface area contributed by atoms with Gasteiger partial charge < -0.3 is 48.6 Å². The molecule has 4 aliphatic rings. The normalized spacial score (nSPS) is 36.3. The number of rotatable bonds is 10. The largest absolute Gasteiger partial charge is 0.456 e. The third-order valence-electron chi connectivity index (χ3n) is 15.0. The fourth-order valence-electron chi connectivity index (χ4n) is 10.8. The van der Waals surface area contributed by atoms with Gasteiger partial charge in [-0.15, -0.1) is 0 Å². The van der Waals surface area contributed by atoms with E-state index in [0.29, 0.717) is 69.1 Å². The second-order valence-electron chi connectivity index (χ2n) is 20.2. The van der Waals surface area contributed by atoms with E-state index in [9.17, 15) is 52.1 Å². The summed E-state index contributed by atoms with van der Waals surface area (Å²) < 4.78 is 90.2. The first-order chi connectivity index (χ1) is 32.9. The highest BCUT2D eigenvalue weighted by atomic mass is 19.4. The van der Waals surface area contributed by atoms with Crippen LogP contribution in [0.25, 0.3) is 0 Å². The number of allylic oxidation sites excluding steroid dienone is 3. The number of benzene rings is 1. The van der Waals surface area contributed by atoms with Crippen molar-refractivity contribution in [3.63, 3.8) is 0 Å². The highest BCUT2D eigenvalue weighted by Crippen LogP contribution is 2.40. The molecule has 2 saturated heterocycles. The number of hydrogen-bond acceptors (Lipinski definition) is 13. The zero-order valence-corrected chi connectivity index (χ0v) is 42.0. The van der Waals surface area contributed by atoms with Crippen LogP contribution in [0.5, 0.6) is 0 Å². The fourth-order valence-corrected chi connectivity index (χ4v) is 10.8. The minimum atomic E-state index is -4.82. The number of methoxy groups -OCH3 is 3. The smallest absolute Gasteiger partial charge is 0.416 e. The van der Waals surface area contributed by atoms with Crippen molar-refractivity contribution in [1.82, 2.24) is 4.90 Å². The number of fused-ring (bicyclic) bond motifs is 3. The van der Waals surface area contributed by atoms with Gasteiger partial charge in [0.1, 0.15) is 36.0 Å². The van der Waals surface area contributed by atoms with Gasteiger partial charge in [-0.2, -0.15) is 13.2 Å². The van der Waals surface area contributed by atoms with Gasteiger partial charge in [0, 0.05) is 52.0 Å². The highest BCUT2D eigenvalue weighted by Gasteiger charge is 2.56. The summed E-state index contributed by atoms with van der Waals surface area (Å²) in [7, 11) is 4.48. The molecule has 1 aromatic carbocycles. The number of hydrogen-bond donors (Lipinski definition) is 3. The fraction of sp³-hybridized carbons (Fsp3) is 0.731. The van der Waals surface area contributed by atoms with E-state index in [-0.39, 0.29) is 49.0 Å². The summed E-state index contributed by atoms with van der Waals surface area (Å²) >= 11 is 0. The minimum absolute atomic E-state index is 0.0195. The Bertz CT molecular complexity index is 2030. The molecule has 0 spiro atoms. The van der Waals surface area contributed by atoms with Crippen molar-refractivity contribution in [2.45, 2.75) is 179 Å². The van der Waals surface area contributed by atoms with Crippen LogP contribution in [0.1, 0.15) is 129 Å². The predicted octanol–water partition coefficient (Wildman–Crippen LogP) is 7.39. The number of amides is 1. The van der Waals surface area contributed by atoms with Gasteiger partial charge in [0.15, 0.2) is 0 Å². The van der Waals surface area contributed by atoms with E-state index in [1.165, 1.54) is 21.3 Å². The Balaban J connectivity index is 1.44. The van der Waals surface area contributed by atoms with Crippen LogP contribution in [0, 0.1) is 35.4 Å². The van der Waals surface area contributed by atoms with Crippen LogP contribution in [-0.4, -0.2) is 133 Å². The Hall–Kier alpha value is -3.62. The molecule has 5 rings (SSSR count). The first-order valence-electron chi connectivity index (χ1n) is 24.7. The van der Waals surface area contributed by atoms with Gasteiger partial charge in [0.2, 0.25) is 5.79 Å². The number of carbonyl (C=O) groups excluding carboxylic acids is 4. The highest BCUT2D eigenvalue weighted by molar-refractivity contribution is 6.39. The van der Waals surface area contributed by atoms with Gasteiger partial charge in [-0.3, -0.25) is 14.4 Å². The topological polar surface area (TPSA) is 188 Å². The van der Waals surface area contributed by atoms with Crippen LogP contribution in [0.2, 0.25) is 0 Å². The Labute approximate surface area is 409 Å². The molecule has 394 valence electrons. The summed E-state index contributed by atoms with van der Waals surface area (Å²) in [5.41, 5.74) is -0.0396. The lowest BCUT2D eigenvalue weighted by atomic mass is 9.81. The number of ketones is 2. The van der Waals surface area contributed by atoms with Crippen molar-refractivity contribution in [2.24, 2.45) is 29.6 Å². The Kier molecular flexibility index (Phi) is 20.4. The first kappa shape index (κ1) is 57.3. The standard InChI is InChI=1S/C52H75F4NO13/c1-10-34-18-28(2)17-29(3)19-44(66-8)47-45(67-9)21-31(5)51(64,70-47)48(61)49(62)57-16-12-11-13-38(57)50(63)69-46(32(6)39(58)26-40(34)59)30(4)20-33-14-15-42(43(22-33)65-7)68-27-41(60)35-23-36(52(54,55)56)25-37(53)24-35/h18,20,23-25,29,31-34,38-39,41-47,58,60,64H,10-17,19,21-22,26-27H2,1-9H3/b28-18+,30-20?. The SMILES string of the molecule is CCC1/C=C(\C)CC(C)CC(OC)C2OC(O)(C(=O)C(=O)N3CCCCC3C(=O)OC(C(C)=CC3CCC(OCC(O)c4cc(F)cc(C(F)(F)F)c4)C(OC)C3)C(C)C(O)CC1=O)C(C)CC2OC. The Morgan fingerprint density at radius 1 is 0.929 bits per heavy atom. The predicted molar refractivity (Wildman–Crippen MR) is 248 cm³/mol. The summed E-state index contributed by atoms with van der Waals surface area (Å²) in [5, 5.41) is 34.7. The van der Waals surface area contributed by atoms with Crippen molar-refractivity contribution >= 4 is 23.4 Å². The molecule has 15 unspecified atom stereocenters. The molecular formula is C52H75F4NO13. The maximum atomic E-state index is 14.5. The molecule has 3 heterocycles. The molecule has 2 bridgehead atoms. The Morgan fingerprint density at radius 2 is 1.60 bits per heavy atom. The molecule has 1 aromatic rings. The number of halogens is 4. The summed E-state index contributed by atoms with van der Waals surface area (Å²) in [4.78, 5) is 58.3. The molecule has 3 aliphatic heterocycles. The van der Waals surface area contributed by atoms with Crippen LogP contribution >= 0.6 is 0 Å². The molecule has 1 amide bonds. The number of aliphatic hydroxyl groups excluding tert-OH is 2. The van der Waals surface area contributed by atoms with E-state index >= 15 is 0 Å². The number of cyclic esters (lactones) is 1. The van der Waals surface area contributed by atoms with Gasteiger partial charge in [0.05, 0.1) is 42.7 Å². The number of piperidine rings is 1. The molecule has 1 aliphatic carbocycles. The van der Waals surface area contributed by atoms with Crippen LogP contribution in [0.3, 0.4) is 0 Å². The maximum absolute atomic E-state index is 14.5. The minimum Gasteiger partial charge on any atom is -0.456 e. The van der Waals surface area contributed by atoms with E-state index in [2.05, 4.69) is 0 Å². The second kappa shape index (κ2) is 24.9. The number of nitrogens with zero attached hydrogens (tertiary/aromatic N) is 1. The van der Waals surface area contributed by atoms with Crippen molar-refractivity contribution in [2.75, 3.05) is 34.5 Å². The van der Waals surface area contributed by atoms with Gasteiger partial charge in [0.25, 0.3) is 11.7 Å². The van der Waals surface area contributed by atoms with E-state index in [1.54, 1.807) is 20.8 Å². The van der Waals surface area contributed by atoms with Gasteiger partial charge in [-0.1, -0.05) is 45.4 Å². The number of esters is 1. The molecule has 0 aromatic heterocycles. The molecule has 3 N–H and O–H groups in total. The van der Waals surface area contributed by atoms with Gasteiger partial charge in [-0.05, 0) is 119 Å². The van der Waals surface area contributed by atoms with Crippen LogP contribution in [0.4, 0.5) is 17.6 Å². The van der Waals surface area contributed by atoms with Gasteiger partial charge >= 0.3 is 12.1 Å². The maximum Gasteiger partial charge on any atom is 0.416 e. The molecule has 18 heteroatoms. The lowest BCUT2D eigenvalue weighted by molar-refractivity contribution is -0.302. The zero-order valence-electron chi connectivity index (χ0n) is 42.0.